The lowest BCUT2D eigenvalue weighted by atomic mass is 10.1. The smallest absolute Gasteiger partial charge is 0.262 e. The summed E-state index contributed by atoms with van der Waals surface area (Å²) in [4.78, 5) is 18.3. The largest absolute Gasteiger partial charge is 0.494 e. The summed E-state index contributed by atoms with van der Waals surface area (Å²) in [5.74, 6) is 0.863. The van der Waals surface area contributed by atoms with Gasteiger partial charge in [0.2, 0.25) is 0 Å². The molecule has 0 saturated carbocycles. The van der Waals surface area contributed by atoms with E-state index in [0.29, 0.717) is 6.61 Å². The standard InChI is InChI=1S/C21H26N2O2S/c1-3-5-6-7-12-23-15-22-20-19(21(23)24)18(14-26-20)16-8-10-17(11-9-16)25-13-4-2/h8-11,14-15H,3-7,12-13H2,1-2H3. The first kappa shape index (κ1) is 18.6. The van der Waals surface area contributed by atoms with Crippen molar-refractivity contribution in [3.63, 3.8) is 0 Å². The van der Waals surface area contributed by atoms with Crippen LogP contribution in [0.25, 0.3) is 21.3 Å². The summed E-state index contributed by atoms with van der Waals surface area (Å²) in [7, 11) is 0. The van der Waals surface area contributed by atoms with Crippen LogP contribution in [0.2, 0.25) is 0 Å². The molecule has 0 aliphatic rings. The molecule has 2 aromatic heterocycles. The van der Waals surface area contributed by atoms with Gasteiger partial charge >= 0.3 is 0 Å². The van der Waals surface area contributed by atoms with Gasteiger partial charge in [0.15, 0.2) is 0 Å². The highest BCUT2D eigenvalue weighted by molar-refractivity contribution is 7.17. The monoisotopic (exact) mass is 370 g/mol. The van der Waals surface area contributed by atoms with Gasteiger partial charge in [-0.15, -0.1) is 11.3 Å². The molecule has 2 heterocycles. The second kappa shape index (κ2) is 8.99. The van der Waals surface area contributed by atoms with E-state index in [2.05, 4.69) is 18.8 Å². The van der Waals surface area contributed by atoms with E-state index in [1.165, 1.54) is 24.2 Å². The number of aryl methyl sites for hydroxylation is 1. The molecule has 0 aliphatic carbocycles. The Kier molecular flexibility index (Phi) is 6.45. The van der Waals surface area contributed by atoms with Gasteiger partial charge in [-0.2, -0.15) is 0 Å². The van der Waals surface area contributed by atoms with Crippen molar-refractivity contribution in [1.82, 2.24) is 9.55 Å². The maximum absolute atomic E-state index is 13.0. The Morgan fingerprint density at radius 2 is 1.88 bits per heavy atom. The normalized spacial score (nSPS) is 11.2. The van der Waals surface area contributed by atoms with Crippen LogP contribution >= 0.6 is 11.3 Å². The van der Waals surface area contributed by atoms with Gasteiger partial charge in [0.25, 0.3) is 5.56 Å². The first-order valence-electron chi connectivity index (χ1n) is 9.44. The highest BCUT2D eigenvalue weighted by Crippen LogP contribution is 2.31. The average molecular weight is 371 g/mol. The van der Waals surface area contributed by atoms with Crippen molar-refractivity contribution in [3.8, 4) is 16.9 Å². The number of ether oxygens (including phenoxy) is 1. The van der Waals surface area contributed by atoms with Crippen LogP contribution in [0.5, 0.6) is 5.75 Å². The minimum atomic E-state index is 0.0639. The van der Waals surface area contributed by atoms with Crippen molar-refractivity contribution in [2.45, 2.75) is 52.5 Å². The number of hydrogen-bond donors (Lipinski definition) is 0. The van der Waals surface area contributed by atoms with Crippen molar-refractivity contribution >= 4 is 21.6 Å². The zero-order valence-electron chi connectivity index (χ0n) is 15.5. The third kappa shape index (κ3) is 4.15. The lowest BCUT2D eigenvalue weighted by Gasteiger charge is -2.07. The lowest BCUT2D eigenvalue weighted by Crippen LogP contribution is -2.20. The maximum atomic E-state index is 13.0. The molecule has 3 rings (SSSR count). The van der Waals surface area contributed by atoms with Crippen LogP contribution in [0, 0.1) is 0 Å². The third-order valence-corrected chi connectivity index (χ3v) is 5.34. The van der Waals surface area contributed by atoms with E-state index in [-0.39, 0.29) is 5.56 Å². The highest BCUT2D eigenvalue weighted by atomic mass is 32.1. The van der Waals surface area contributed by atoms with Crippen molar-refractivity contribution in [2.24, 2.45) is 0 Å². The Bertz CT molecular complexity index is 897. The Morgan fingerprint density at radius 1 is 1.08 bits per heavy atom. The number of benzene rings is 1. The number of unbranched alkanes of at least 4 members (excludes halogenated alkanes) is 3. The summed E-state index contributed by atoms with van der Waals surface area (Å²) in [5.41, 5.74) is 2.06. The first-order chi connectivity index (χ1) is 12.7. The molecule has 1 aromatic carbocycles. The van der Waals surface area contributed by atoms with Crippen molar-refractivity contribution in [3.05, 3.63) is 46.3 Å². The lowest BCUT2D eigenvalue weighted by molar-refractivity contribution is 0.317. The van der Waals surface area contributed by atoms with E-state index in [1.54, 1.807) is 10.9 Å². The second-order valence-corrected chi connectivity index (χ2v) is 7.36. The van der Waals surface area contributed by atoms with Gasteiger partial charge in [-0.05, 0) is 30.5 Å². The first-order valence-corrected chi connectivity index (χ1v) is 10.3. The number of fused-ring (bicyclic) bond motifs is 1. The molecule has 5 heteroatoms. The van der Waals surface area contributed by atoms with Crippen LogP contribution in [-0.4, -0.2) is 16.2 Å². The predicted octanol–water partition coefficient (Wildman–Crippen LogP) is 5.49. The van der Waals surface area contributed by atoms with Crippen LogP contribution in [0.1, 0.15) is 46.0 Å². The summed E-state index contributed by atoms with van der Waals surface area (Å²) < 4.78 is 7.40. The fourth-order valence-electron chi connectivity index (χ4n) is 3.00. The predicted molar refractivity (Wildman–Crippen MR) is 109 cm³/mol. The molecule has 3 aromatic rings. The number of aromatic nitrogens is 2. The number of hydrogen-bond acceptors (Lipinski definition) is 4. The average Bonchev–Trinajstić information content (AvgIpc) is 3.10. The topological polar surface area (TPSA) is 44.1 Å². The van der Waals surface area contributed by atoms with E-state index in [1.807, 2.05) is 29.6 Å². The molecular formula is C21H26N2O2S. The zero-order valence-corrected chi connectivity index (χ0v) is 16.3. The summed E-state index contributed by atoms with van der Waals surface area (Å²) in [6.07, 6.45) is 7.25. The van der Waals surface area contributed by atoms with Crippen LogP contribution in [-0.2, 0) is 6.54 Å². The fraction of sp³-hybridized carbons (Fsp3) is 0.429. The molecule has 0 saturated heterocycles. The molecule has 0 aliphatic heterocycles. The van der Waals surface area contributed by atoms with Gasteiger partial charge in [0.1, 0.15) is 10.6 Å². The number of nitrogens with zero attached hydrogens (tertiary/aromatic N) is 2. The number of rotatable bonds is 9. The van der Waals surface area contributed by atoms with E-state index in [4.69, 9.17) is 4.74 Å². The van der Waals surface area contributed by atoms with Gasteiger partial charge < -0.3 is 4.74 Å². The van der Waals surface area contributed by atoms with E-state index in [0.717, 1.165) is 52.9 Å². The zero-order chi connectivity index (χ0) is 18.4. The molecule has 138 valence electrons. The molecule has 0 atom stereocenters. The summed E-state index contributed by atoms with van der Waals surface area (Å²) >= 11 is 1.53. The molecule has 26 heavy (non-hydrogen) atoms. The van der Waals surface area contributed by atoms with Gasteiger partial charge in [-0.3, -0.25) is 9.36 Å². The van der Waals surface area contributed by atoms with Crippen molar-refractivity contribution in [1.29, 1.82) is 0 Å². The summed E-state index contributed by atoms with van der Waals surface area (Å²) in [5, 5.41) is 2.76. The Labute approximate surface area is 158 Å². The summed E-state index contributed by atoms with van der Waals surface area (Å²) in [6, 6.07) is 7.97. The van der Waals surface area contributed by atoms with E-state index in [9.17, 15) is 4.79 Å². The van der Waals surface area contributed by atoms with Crippen LogP contribution in [0.4, 0.5) is 0 Å². The van der Waals surface area contributed by atoms with Gasteiger partial charge in [-0.25, -0.2) is 4.98 Å². The van der Waals surface area contributed by atoms with Crippen LogP contribution in [0.15, 0.2) is 40.8 Å². The summed E-state index contributed by atoms with van der Waals surface area (Å²) in [6.45, 7) is 5.73. The minimum absolute atomic E-state index is 0.0639. The van der Waals surface area contributed by atoms with Crippen molar-refractivity contribution in [2.75, 3.05) is 6.61 Å². The SMILES string of the molecule is CCCCCCn1cnc2scc(-c3ccc(OCCC)cc3)c2c1=O. The van der Waals surface area contributed by atoms with Gasteiger partial charge in [0.05, 0.1) is 18.3 Å². The van der Waals surface area contributed by atoms with Crippen molar-refractivity contribution < 1.29 is 4.74 Å². The van der Waals surface area contributed by atoms with E-state index >= 15 is 0 Å². The molecule has 0 fully saturated rings. The molecule has 4 nitrogen and oxygen atoms in total. The van der Waals surface area contributed by atoms with Crippen LogP contribution < -0.4 is 10.3 Å². The molecular weight excluding hydrogens is 344 g/mol. The molecule has 0 amide bonds. The second-order valence-electron chi connectivity index (χ2n) is 6.51. The third-order valence-electron chi connectivity index (χ3n) is 4.45. The molecule has 0 spiro atoms. The molecule has 0 bridgehead atoms. The molecule has 0 N–H and O–H groups in total. The van der Waals surface area contributed by atoms with Gasteiger partial charge in [-0.1, -0.05) is 45.2 Å². The minimum Gasteiger partial charge on any atom is -0.494 e. The van der Waals surface area contributed by atoms with Gasteiger partial charge in [0, 0.05) is 17.5 Å². The van der Waals surface area contributed by atoms with E-state index < -0.39 is 0 Å². The molecule has 0 unspecified atom stereocenters. The molecule has 0 radical (unpaired) electrons. The van der Waals surface area contributed by atoms with Crippen LogP contribution in [0.3, 0.4) is 0 Å². The maximum Gasteiger partial charge on any atom is 0.262 e. The number of thiophene rings is 1. The highest BCUT2D eigenvalue weighted by Gasteiger charge is 2.13. The fourth-order valence-corrected chi connectivity index (χ4v) is 3.91. The quantitative estimate of drug-likeness (QED) is 0.468. The Hall–Kier alpha value is -2.14. The Balaban J connectivity index is 1.88. The Morgan fingerprint density at radius 3 is 2.62 bits per heavy atom.